The maximum Gasteiger partial charge on any atom is 0.252 e. The van der Waals surface area contributed by atoms with E-state index in [1.165, 1.54) is 0 Å². The maximum atomic E-state index is 12.6. The van der Waals surface area contributed by atoms with Crippen molar-refractivity contribution in [3.63, 3.8) is 0 Å². The van der Waals surface area contributed by atoms with E-state index in [9.17, 15) is 9.59 Å². The quantitative estimate of drug-likeness (QED) is 0.704. The van der Waals surface area contributed by atoms with Crippen molar-refractivity contribution < 1.29 is 9.59 Å². The number of fused-ring (bicyclic) bond motifs is 1. The molecule has 140 valence electrons. The molecule has 0 aliphatic heterocycles. The Bertz CT molecular complexity index is 979. The third-order valence-corrected chi connectivity index (χ3v) is 4.90. The van der Waals surface area contributed by atoms with Crippen LogP contribution in [0.2, 0.25) is 0 Å². The monoisotopic (exact) mass is 364 g/mol. The number of aromatic nitrogens is 2. The fourth-order valence-corrected chi connectivity index (χ4v) is 3.20. The summed E-state index contributed by atoms with van der Waals surface area (Å²) in [4.78, 5) is 28.9. The smallest absolute Gasteiger partial charge is 0.252 e. The Morgan fingerprint density at radius 2 is 1.89 bits per heavy atom. The van der Waals surface area contributed by atoms with Crippen molar-refractivity contribution in [3.8, 4) is 5.69 Å². The number of hydrogen-bond donors (Lipinski definition) is 2. The molecule has 0 radical (unpaired) electrons. The summed E-state index contributed by atoms with van der Waals surface area (Å²) in [6.45, 7) is 5.78. The third kappa shape index (κ3) is 3.69. The summed E-state index contributed by atoms with van der Waals surface area (Å²) in [6.07, 6.45) is 0.744. The van der Waals surface area contributed by atoms with E-state index < -0.39 is 11.9 Å². The highest BCUT2D eigenvalue weighted by Gasteiger charge is 2.24. The molecule has 2 unspecified atom stereocenters. The zero-order valence-corrected chi connectivity index (χ0v) is 15.8. The van der Waals surface area contributed by atoms with Gasteiger partial charge in [-0.15, -0.1) is 0 Å². The molecule has 0 spiro atoms. The molecular weight excluding hydrogens is 340 g/mol. The molecule has 3 rings (SSSR count). The van der Waals surface area contributed by atoms with Crippen LogP contribution in [0.5, 0.6) is 0 Å². The molecule has 0 fully saturated rings. The van der Waals surface area contributed by atoms with Gasteiger partial charge in [-0.2, -0.15) is 0 Å². The number of amides is 2. The number of primary amides is 1. The zero-order valence-electron chi connectivity index (χ0n) is 15.8. The van der Waals surface area contributed by atoms with E-state index in [1.54, 1.807) is 12.1 Å². The number of nitrogens with one attached hydrogen (secondary N) is 1. The van der Waals surface area contributed by atoms with Crippen molar-refractivity contribution in [2.75, 3.05) is 0 Å². The van der Waals surface area contributed by atoms with Gasteiger partial charge in [0, 0.05) is 11.3 Å². The van der Waals surface area contributed by atoms with Gasteiger partial charge in [-0.1, -0.05) is 38.5 Å². The Hall–Kier alpha value is -3.15. The lowest BCUT2D eigenvalue weighted by Crippen LogP contribution is -2.48. The van der Waals surface area contributed by atoms with Crippen LogP contribution in [0, 0.1) is 12.8 Å². The minimum Gasteiger partial charge on any atom is -0.368 e. The van der Waals surface area contributed by atoms with Crippen molar-refractivity contribution in [1.82, 2.24) is 14.9 Å². The Labute approximate surface area is 158 Å². The van der Waals surface area contributed by atoms with Crippen molar-refractivity contribution in [2.45, 2.75) is 33.2 Å². The normalized spacial score (nSPS) is 13.3. The van der Waals surface area contributed by atoms with Crippen LogP contribution in [-0.4, -0.2) is 27.4 Å². The molecule has 0 saturated carbocycles. The summed E-state index contributed by atoms with van der Waals surface area (Å²) < 4.78 is 2.04. The van der Waals surface area contributed by atoms with Crippen LogP contribution in [0.25, 0.3) is 16.7 Å². The number of nitrogens with zero attached hydrogens (tertiary/aromatic N) is 2. The molecule has 0 aliphatic carbocycles. The lowest BCUT2D eigenvalue weighted by Gasteiger charge is -2.21. The largest absolute Gasteiger partial charge is 0.368 e. The van der Waals surface area contributed by atoms with Gasteiger partial charge in [0.15, 0.2) is 0 Å². The van der Waals surface area contributed by atoms with Gasteiger partial charge in [0.1, 0.15) is 11.9 Å². The van der Waals surface area contributed by atoms with Gasteiger partial charge in [0.05, 0.1) is 11.0 Å². The van der Waals surface area contributed by atoms with E-state index in [1.807, 2.05) is 61.7 Å². The molecule has 0 saturated heterocycles. The summed E-state index contributed by atoms with van der Waals surface area (Å²) >= 11 is 0. The number of benzene rings is 2. The van der Waals surface area contributed by atoms with Gasteiger partial charge in [0.2, 0.25) is 5.91 Å². The van der Waals surface area contributed by atoms with Crippen molar-refractivity contribution in [2.24, 2.45) is 11.7 Å². The Morgan fingerprint density at radius 1 is 1.19 bits per heavy atom. The van der Waals surface area contributed by atoms with Crippen LogP contribution < -0.4 is 11.1 Å². The number of imidazole rings is 1. The summed E-state index contributed by atoms with van der Waals surface area (Å²) in [5, 5.41) is 2.75. The highest BCUT2D eigenvalue weighted by Crippen LogP contribution is 2.22. The topological polar surface area (TPSA) is 90.0 Å². The molecule has 2 atom stereocenters. The van der Waals surface area contributed by atoms with Gasteiger partial charge in [-0.05, 0) is 43.2 Å². The molecule has 0 aliphatic rings. The molecule has 6 nitrogen and oxygen atoms in total. The van der Waals surface area contributed by atoms with Gasteiger partial charge < -0.3 is 11.1 Å². The highest BCUT2D eigenvalue weighted by atomic mass is 16.2. The van der Waals surface area contributed by atoms with Gasteiger partial charge >= 0.3 is 0 Å². The Kier molecular flexibility index (Phi) is 5.26. The van der Waals surface area contributed by atoms with Crippen LogP contribution in [0.15, 0.2) is 48.5 Å². The molecule has 1 aromatic heterocycles. The molecule has 3 N–H and O–H groups in total. The van der Waals surface area contributed by atoms with Crippen molar-refractivity contribution in [3.05, 3.63) is 59.9 Å². The minimum atomic E-state index is -0.693. The lowest BCUT2D eigenvalue weighted by molar-refractivity contribution is -0.120. The second kappa shape index (κ2) is 7.61. The zero-order chi connectivity index (χ0) is 19.6. The van der Waals surface area contributed by atoms with Crippen LogP contribution in [0.4, 0.5) is 0 Å². The molecule has 6 heteroatoms. The number of hydrogen-bond acceptors (Lipinski definition) is 3. The lowest BCUT2D eigenvalue weighted by atomic mass is 9.98. The number of aryl methyl sites for hydroxylation is 1. The standard InChI is InChI=1S/C21H24N4O2/c1-4-13(2)19(20(22)26)24-21(27)15-10-11-18-17(12-15)23-14(3)25(18)16-8-6-5-7-9-16/h5-13,19H,4H2,1-3H3,(H2,22,26)(H,24,27). The molecule has 0 bridgehead atoms. The molecule has 1 heterocycles. The summed E-state index contributed by atoms with van der Waals surface area (Å²) in [5.74, 6) is -0.0472. The number of rotatable bonds is 6. The molecule has 2 aromatic carbocycles. The second-order valence-corrected chi connectivity index (χ2v) is 6.77. The highest BCUT2D eigenvalue weighted by molar-refractivity contribution is 6.00. The number of nitrogens with two attached hydrogens (primary N) is 1. The summed E-state index contributed by atoms with van der Waals surface area (Å²) in [6, 6.07) is 14.6. The van der Waals surface area contributed by atoms with E-state index in [4.69, 9.17) is 5.73 Å². The van der Waals surface area contributed by atoms with E-state index in [-0.39, 0.29) is 11.8 Å². The molecule has 2 amide bonds. The fraction of sp³-hybridized carbons (Fsp3) is 0.286. The predicted octanol–water partition coefficient (Wildman–Crippen LogP) is 2.96. The van der Waals surface area contributed by atoms with Crippen LogP contribution in [0.1, 0.15) is 36.5 Å². The van der Waals surface area contributed by atoms with E-state index in [0.29, 0.717) is 5.56 Å². The number of carbonyl (C=O) groups excluding carboxylic acids is 2. The van der Waals surface area contributed by atoms with Crippen LogP contribution in [-0.2, 0) is 4.79 Å². The summed E-state index contributed by atoms with van der Waals surface area (Å²) in [7, 11) is 0. The first-order valence-electron chi connectivity index (χ1n) is 9.07. The molecule has 3 aromatic rings. The SMILES string of the molecule is CCC(C)C(NC(=O)c1ccc2c(c1)nc(C)n2-c1ccccc1)C(N)=O. The van der Waals surface area contributed by atoms with E-state index in [0.717, 1.165) is 29.0 Å². The second-order valence-electron chi connectivity index (χ2n) is 6.77. The van der Waals surface area contributed by atoms with Gasteiger partial charge in [-0.25, -0.2) is 4.98 Å². The fourth-order valence-electron chi connectivity index (χ4n) is 3.20. The van der Waals surface area contributed by atoms with Crippen molar-refractivity contribution >= 4 is 22.8 Å². The molecule has 27 heavy (non-hydrogen) atoms. The van der Waals surface area contributed by atoms with Crippen LogP contribution in [0.3, 0.4) is 0 Å². The average molecular weight is 364 g/mol. The third-order valence-electron chi connectivity index (χ3n) is 4.90. The van der Waals surface area contributed by atoms with Gasteiger partial charge in [0.25, 0.3) is 5.91 Å². The Morgan fingerprint density at radius 3 is 2.52 bits per heavy atom. The van der Waals surface area contributed by atoms with Crippen molar-refractivity contribution in [1.29, 1.82) is 0 Å². The van der Waals surface area contributed by atoms with Crippen LogP contribution >= 0.6 is 0 Å². The van der Waals surface area contributed by atoms with Gasteiger partial charge in [-0.3, -0.25) is 14.2 Å². The first-order valence-corrected chi connectivity index (χ1v) is 9.07. The minimum absolute atomic E-state index is 0.0327. The number of carbonyl (C=O) groups is 2. The van der Waals surface area contributed by atoms with E-state index >= 15 is 0 Å². The first-order chi connectivity index (χ1) is 12.9. The molecular formula is C21H24N4O2. The van der Waals surface area contributed by atoms with E-state index in [2.05, 4.69) is 10.3 Å². The maximum absolute atomic E-state index is 12.6. The summed E-state index contributed by atoms with van der Waals surface area (Å²) in [5.41, 5.74) is 8.56. The average Bonchev–Trinajstić information content (AvgIpc) is 3.00. The first kappa shape index (κ1) is 18.6. The predicted molar refractivity (Wildman–Crippen MR) is 106 cm³/mol. The number of para-hydroxylation sites is 1. The Balaban J connectivity index is 1.93.